The van der Waals surface area contributed by atoms with E-state index >= 15 is 0 Å². The average molecular weight is 485 g/mol. The highest BCUT2D eigenvalue weighted by Crippen LogP contribution is 2.69. The molecule has 2 bridgehead atoms. The Labute approximate surface area is 199 Å². The van der Waals surface area contributed by atoms with Gasteiger partial charge in [0, 0.05) is 5.02 Å². The molecule has 0 aromatic heterocycles. The van der Waals surface area contributed by atoms with Crippen molar-refractivity contribution in [2.75, 3.05) is 12.0 Å². The summed E-state index contributed by atoms with van der Waals surface area (Å²) in [5.74, 6) is -2.20. The summed E-state index contributed by atoms with van der Waals surface area (Å²) in [4.78, 5) is 26.6. The largest absolute Gasteiger partial charge is 0.495 e. The van der Waals surface area contributed by atoms with Crippen molar-refractivity contribution in [1.82, 2.24) is 0 Å². The normalized spacial score (nSPS) is 29.6. The maximum absolute atomic E-state index is 14.0. The lowest BCUT2D eigenvalue weighted by Crippen LogP contribution is -2.57. The van der Waals surface area contributed by atoms with Crippen molar-refractivity contribution in [2.45, 2.75) is 9.75 Å². The third-order valence-corrected chi connectivity index (χ3v) is 8.49. The Hall–Kier alpha value is -2.53. The van der Waals surface area contributed by atoms with Gasteiger partial charge >= 0.3 is 0 Å². The van der Waals surface area contributed by atoms with Gasteiger partial charge in [-0.15, -0.1) is 23.2 Å². The quantitative estimate of drug-likeness (QED) is 0.359. The lowest BCUT2D eigenvalue weighted by Gasteiger charge is -2.54. The van der Waals surface area contributed by atoms with Gasteiger partial charge in [-0.3, -0.25) is 9.59 Å². The fraction of sp³-hybridized carbons (Fsp3) is 0.200. The lowest BCUT2D eigenvalue weighted by atomic mass is 9.54. The SMILES string of the molecule is COc1ccc(Cl)cc1N1C(=O)[C@@H]2[C@@H](C1=O)C1(Cl)c3ccccc3C2(Cl)c2ccccc21. The Bertz CT molecular complexity index is 1220. The molecule has 1 saturated heterocycles. The number of halogens is 3. The highest BCUT2D eigenvalue weighted by molar-refractivity contribution is 6.39. The van der Waals surface area contributed by atoms with E-state index in [9.17, 15) is 9.59 Å². The Morgan fingerprint density at radius 1 is 0.781 bits per heavy atom. The average Bonchev–Trinajstić information content (AvgIpc) is 3.08. The molecule has 1 heterocycles. The van der Waals surface area contributed by atoms with E-state index in [1.165, 1.54) is 7.11 Å². The molecule has 0 spiro atoms. The van der Waals surface area contributed by atoms with E-state index in [4.69, 9.17) is 39.5 Å². The number of rotatable bonds is 2. The fourth-order valence-electron chi connectivity index (χ4n) is 5.74. The van der Waals surface area contributed by atoms with Crippen LogP contribution in [0.15, 0.2) is 66.7 Å². The Morgan fingerprint density at radius 2 is 1.22 bits per heavy atom. The van der Waals surface area contributed by atoms with Gasteiger partial charge < -0.3 is 4.74 Å². The third kappa shape index (κ3) is 2.16. The van der Waals surface area contributed by atoms with E-state index < -0.39 is 33.4 Å². The second-order valence-corrected chi connectivity index (χ2v) is 9.93. The van der Waals surface area contributed by atoms with Gasteiger partial charge in [0.25, 0.3) is 0 Å². The summed E-state index contributed by atoms with van der Waals surface area (Å²) in [5, 5.41) is 0.381. The monoisotopic (exact) mass is 483 g/mol. The Morgan fingerprint density at radius 3 is 1.62 bits per heavy atom. The van der Waals surface area contributed by atoms with Crippen LogP contribution in [0.3, 0.4) is 0 Å². The van der Waals surface area contributed by atoms with Crippen LogP contribution < -0.4 is 9.64 Å². The number of ether oxygens (including phenoxy) is 1. The van der Waals surface area contributed by atoms with Crippen LogP contribution in [0.4, 0.5) is 5.69 Å². The molecule has 2 atom stereocenters. The molecule has 0 saturated carbocycles. The van der Waals surface area contributed by atoms with Crippen LogP contribution in [0.5, 0.6) is 5.75 Å². The second kappa shape index (κ2) is 6.50. The molecular formula is C25H16Cl3NO3. The number of carbonyl (C=O) groups is 2. The zero-order chi connectivity index (χ0) is 22.4. The van der Waals surface area contributed by atoms with Gasteiger partial charge in [0.2, 0.25) is 11.8 Å². The molecule has 3 aromatic rings. The lowest BCUT2D eigenvalue weighted by molar-refractivity contribution is -0.122. The zero-order valence-electron chi connectivity index (χ0n) is 16.8. The van der Waals surface area contributed by atoms with Crippen LogP contribution in [0.25, 0.3) is 0 Å². The topological polar surface area (TPSA) is 46.6 Å². The van der Waals surface area contributed by atoms with Crippen molar-refractivity contribution in [3.8, 4) is 5.75 Å². The maximum Gasteiger partial charge on any atom is 0.240 e. The first kappa shape index (κ1) is 20.1. The number of benzene rings is 3. The number of carbonyl (C=O) groups excluding carboxylic acids is 2. The number of nitrogens with zero attached hydrogens (tertiary/aromatic N) is 1. The summed E-state index contributed by atoms with van der Waals surface area (Å²) in [5.41, 5.74) is 3.34. The summed E-state index contributed by atoms with van der Waals surface area (Å²) in [6.07, 6.45) is 0. The molecule has 0 N–H and O–H groups in total. The zero-order valence-corrected chi connectivity index (χ0v) is 19.1. The molecule has 2 amide bonds. The molecule has 7 heteroatoms. The summed E-state index contributed by atoms with van der Waals surface area (Å²) in [6.45, 7) is 0. The minimum Gasteiger partial charge on any atom is -0.495 e. The predicted octanol–water partition coefficient (Wildman–Crippen LogP) is 5.45. The van der Waals surface area contributed by atoms with E-state index in [0.717, 1.165) is 27.2 Å². The molecule has 160 valence electrons. The highest BCUT2D eigenvalue weighted by Gasteiger charge is 2.73. The smallest absolute Gasteiger partial charge is 0.240 e. The molecule has 0 radical (unpaired) electrons. The number of hydrogen-bond acceptors (Lipinski definition) is 3. The first-order chi connectivity index (χ1) is 15.3. The third-order valence-electron chi connectivity index (χ3n) is 6.97. The van der Waals surface area contributed by atoms with Crippen molar-refractivity contribution >= 4 is 52.3 Å². The van der Waals surface area contributed by atoms with Gasteiger partial charge in [0.05, 0.1) is 24.6 Å². The molecule has 32 heavy (non-hydrogen) atoms. The van der Waals surface area contributed by atoms with Gasteiger partial charge in [-0.2, -0.15) is 0 Å². The van der Waals surface area contributed by atoms with E-state index in [2.05, 4.69) is 0 Å². The van der Waals surface area contributed by atoms with Crippen LogP contribution in [-0.4, -0.2) is 18.9 Å². The van der Waals surface area contributed by atoms with E-state index in [0.29, 0.717) is 10.8 Å². The fourth-order valence-corrected chi connectivity index (χ4v) is 7.01. The first-order valence-corrected chi connectivity index (χ1v) is 11.3. The van der Waals surface area contributed by atoms with Gasteiger partial charge in [0.15, 0.2) is 0 Å². The molecular weight excluding hydrogens is 469 g/mol. The number of imide groups is 1. The number of amides is 2. The van der Waals surface area contributed by atoms with E-state index in [1.54, 1.807) is 18.2 Å². The molecule has 4 aliphatic rings. The molecule has 7 rings (SSSR count). The van der Waals surface area contributed by atoms with Gasteiger partial charge in [0.1, 0.15) is 15.5 Å². The van der Waals surface area contributed by atoms with Crippen LogP contribution in [0.1, 0.15) is 22.3 Å². The number of methoxy groups -OCH3 is 1. The molecule has 0 unspecified atom stereocenters. The predicted molar refractivity (Wildman–Crippen MR) is 124 cm³/mol. The van der Waals surface area contributed by atoms with Crippen molar-refractivity contribution in [1.29, 1.82) is 0 Å². The summed E-state index contributed by atoms with van der Waals surface area (Å²) in [6, 6.07) is 19.9. The minimum absolute atomic E-state index is 0.289. The van der Waals surface area contributed by atoms with Gasteiger partial charge in [-0.25, -0.2) is 4.90 Å². The molecule has 1 aliphatic heterocycles. The highest BCUT2D eigenvalue weighted by atomic mass is 35.5. The van der Waals surface area contributed by atoms with Crippen molar-refractivity contribution in [2.24, 2.45) is 11.8 Å². The first-order valence-electron chi connectivity index (χ1n) is 10.1. The minimum atomic E-state index is -1.22. The summed E-state index contributed by atoms with van der Waals surface area (Å²) >= 11 is 21.1. The summed E-state index contributed by atoms with van der Waals surface area (Å²) in [7, 11) is 1.48. The number of anilines is 1. The van der Waals surface area contributed by atoms with Crippen molar-refractivity contribution in [3.63, 3.8) is 0 Å². The standard InChI is InChI=1S/C25H16Cl3NO3/c1-32-19-11-10-13(26)12-18(19)29-22(30)20-21(23(29)31)25(28)15-7-3-2-6-14(15)24(20,27)16-8-4-5-9-17(16)25/h2-12,20-21H,1H3/t20-,21-,24?,25?/m0/s1. The maximum atomic E-state index is 14.0. The second-order valence-electron chi connectivity index (χ2n) is 8.30. The molecule has 1 fully saturated rings. The molecule has 3 aliphatic carbocycles. The van der Waals surface area contributed by atoms with Gasteiger partial charge in [-0.05, 0) is 40.5 Å². The Kier molecular flexibility index (Phi) is 4.09. The summed E-state index contributed by atoms with van der Waals surface area (Å²) < 4.78 is 5.44. The number of alkyl halides is 2. The van der Waals surface area contributed by atoms with Crippen molar-refractivity contribution in [3.05, 3.63) is 94.0 Å². The van der Waals surface area contributed by atoms with Crippen molar-refractivity contribution < 1.29 is 14.3 Å². The number of hydrogen-bond donors (Lipinski definition) is 0. The Balaban J connectivity index is 1.66. The van der Waals surface area contributed by atoms with Gasteiger partial charge in [-0.1, -0.05) is 60.1 Å². The van der Waals surface area contributed by atoms with Crippen LogP contribution >= 0.6 is 34.8 Å². The van der Waals surface area contributed by atoms with Crippen LogP contribution in [0.2, 0.25) is 5.02 Å². The van der Waals surface area contributed by atoms with Crippen LogP contribution in [0, 0.1) is 11.8 Å². The van der Waals surface area contributed by atoms with Crippen LogP contribution in [-0.2, 0) is 19.3 Å². The van der Waals surface area contributed by atoms with E-state index in [-0.39, 0.29) is 5.69 Å². The molecule has 4 nitrogen and oxygen atoms in total. The van der Waals surface area contributed by atoms with E-state index in [1.807, 2.05) is 48.5 Å². The molecule has 3 aromatic carbocycles.